The summed E-state index contributed by atoms with van der Waals surface area (Å²) in [5.41, 5.74) is 4.12. The van der Waals surface area contributed by atoms with E-state index in [0.717, 1.165) is 28.1 Å². The van der Waals surface area contributed by atoms with Crippen molar-refractivity contribution in [3.05, 3.63) is 98.0 Å². The molecule has 0 radical (unpaired) electrons. The van der Waals surface area contributed by atoms with Crippen molar-refractivity contribution in [1.82, 2.24) is 23.1 Å². The Morgan fingerprint density at radius 2 is 1.48 bits per heavy atom. The summed E-state index contributed by atoms with van der Waals surface area (Å²) in [6.45, 7) is 4.78. The second-order valence-electron chi connectivity index (χ2n) is 8.38. The van der Waals surface area contributed by atoms with E-state index in [-0.39, 0.29) is 17.8 Å². The van der Waals surface area contributed by atoms with Gasteiger partial charge in [-0.15, -0.1) is 0 Å². The van der Waals surface area contributed by atoms with Gasteiger partial charge in [-0.25, -0.2) is 4.79 Å². The first kappa shape index (κ1) is 20.8. The molecule has 0 fully saturated rings. The number of benzene rings is 2. The minimum Gasteiger partial charge on any atom is -0.497 e. The predicted octanol–water partition coefficient (Wildman–Crippen LogP) is 2.87. The molecule has 0 spiro atoms. The van der Waals surface area contributed by atoms with Gasteiger partial charge in [0.15, 0.2) is 11.2 Å². The Morgan fingerprint density at radius 1 is 0.879 bits per heavy atom. The summed E-state index contributed by atoms with van der Waals surface area (Å²) in [5, 5.41) is 0. The smallest absolute Gasteiger partial charge is 0.332 e. The Labute approximate surface area is 189 Å². The van der Waals surface area contributed by atoms with Gasteiger partial charge in [0.2, 0.25) is 5.78 Å². The molecule has 8 nitrogen and oxygen atoms in total. The molecule has 0 unspecified atom stereocenters. The summed E-state index contributed by atoms with van der Waals surface area (Å²) in [5.74, 6) is 1.42. The molecule has 3 heterocycles. The van der Waals surface area contributed by atoms with Crippen LogP contribution in [-0.2, 0) is 20.1 Å². The largest absolute Gasteiger partial charge is 0.497 e. The highest BCUT2D eigenvalue weighted by Crippen LogP contribution is 2.19. The van der Waals surface area contributed by atoms with Crippen LogP contribution in [0, 0.1) is 13.8 Å². The molecule has 0 bridgehead atoms. The molecule has 2 aromatic carbocycles. The van der Waals surface area contributed by atoms with Crippen LogP contribution >= 0.6 is 0 Å². The number of fused-ring (bicyclic) bond motifs is 3. The Kier molecular flexibility index (Phi) is 4.92. The molecule has 0 amide bonds. The molecule has 0 saturated heterocycles. The molecule has 0 atom stereocenters. The Bertz CT molecular complexity index is 1600. The summed E-state index contributed by atoms with van der Waals surface area (Å²) < 4.78 is 11.8. The van der Waals surface area contributed by atoms with E-state index in [9.17, 15) is 9.59 Å². The van der Waals surface area contributed by atoms with Crippen molar-refractivity contribution in [2.24, 2.45) is 7.05 Å². The molecule has 5 aromatic rings. The van der Waals surface area contributed by atoms with E-state index < -0.39 is 0 Å². The van der Waals surface area contributed by atoms with Gasteiger partial charge in [0.05, 0.1) is 20.2 Å². The Balaban J connectivity index is 1.66. The van der Waals surface area contributed by atoms with Crippen LogP contribution in [0.4, 0.5) is 0 Å². The number of hydrogen-bond donors (Lipinski definition) is 0. The lowest BCUT2D eigenvalue weighted by Gasteiger charge is -2.08. The lowest BCUT2D eigenvalue weighted by molar-refractivity contribution is 0.414. The normalized spacial score (nSPS) is 11.5. The van der Waals surface area contributed by atoms with Crippen molar-refractivity contribution < 1.29 is 4.74 Å². The average Bonchev–Trinajstić information content (AvgIpc) is 3.33. The standard InChI is InChI=1S/C25H25N5O3/c1-16-5-7-18(8-6-16)15-30-23(31)21-22(27(3)25(30)32)26-24-28(17(2)13-29(21)24)14-19-9-11-20(33-4)12-10-19/h5-13H,14-15H2,1-4H3. The second kappa shape index (κ2) is 7.81. The Morgan fingerprint density at radius 3 is 2.12 bits per heavy atom. The van der Waals surface area contributed by atoms with E-state index >= 15 is 0 Å². The van der Waals surface area contributed by atoms with Gasteiger partial charge in [0, 0.05) is 18.9 Å². The second-order valence-corrected chi connectivity index (χ2v) is 8.38. The van der Waals surface area contributed by atoms with Crippen LogP contribution in [0.2, 0.25) is 0 Å². The maximum Gasteiger partial charge on any atom is 0.332 e. The summed E-state index contributed by atoms with van der Waals surface area (Å²) in [6, 6.07) is 15.7. The van der Waals surface area contributed by atoms with E-state index in [4.69, 9.17) is 9.72 Å². The number of methoxy groups -OCH3 is 1. The van der Waals surface area contributed by atoms with Crippen LogP contribution in [0.1, 0.15) is 22.4 Å². The molecule has 168 valence electrons. The van der Waals surface area contributed by atoms with Crippen molar-refractivity contribution in [2.45, 2.75) is 26.9 Å². The predicted molar refractivity (Wildman–Crippen MR) is 127 cm³/mol. The lowest BCUT2D eigenvalue weighted by Crippen LogP contribution is -2.39. The molecule has 33 heavy (non-hydrogen) atoms. The highest BCUT2D eigenvalue weighted by Gasteiger charge is 2.20. The van der Waals surface area contributed by atoms with E-state index in [0.29, 0.717) is 23.5 Å². The first-order valence-corrected chi connectivity index (χ1v) is 10.7. The number of aromatic nitrogens is 5. The van der Waals surface area contributed by atoms with E-state index in [1.165, 1.54) is 9.13 Å². The van der Waals surface area contributed by atoms with Gasteiger partial charge in [-0.3, -0.25) is 18.3 Å². The van der Waals surface area contributed by atoms with Crippen molar-refractivity contribution in [3.63, 3.8) is 0 Å². The first-order chi connectivity index (χ1) is 15.9. The zero-order chi connectivity index (χ0) is 23.3. The van der Waals surface area contributed by atoms with E-state index in [1.807, 2.05) is 73.1 Å². The minimum atomic E-state index is -0.382. The number of aryl methyl sites for hydroxylation is 3. The molecule has 0 aliphatic carbocycles. The fraction of sp³-hybridized carbons (Fsp3) is 0.240. The van der Waals surface area contributed by atoms with E-state index in [1.54, 1.807) is 18.6 Å². The number of hydrogen-bond acceptors (Lipinski definition) is 4. The fourth-order valence-electron chi connectivity index (χ4n) is 4.18. The fourth-order valence-corrected chi connectivity index (χ4v) is 4.18. The van der Waals surface area contributed by atoms with Crippen LogP contribution in [0.15, 0.2) is 64.3 Å². The van der Waals surface area contributed by atoms with Gasteiger partial charge in [-0.2, -0.15) is 4.98 Å². The highest BCUT2D eigenvalue weighted by atomic mass is 16.5. The molecular weight excluding hydrogens is 418 g/mol. The van der Waals surface area contributed by atoms with Gasteiger partial charge in [0.1, 0.15) is 5.75 Å². The van der Waals surface area contributed by atoms with E-state index in [2.05, 4.69) is 0 Å². The molecule has 0 N–H and O–H groups in total. The van der Waals surface area contributed by atoms with Gasteiger partial charge < -0.3 is 9.30 Å². The van der Waals surface area contributed by atoms with Crippen LogP contribution in [0.25, 0.3) is 16.9 Å². The quantitative estimate of drug-likeness (QED) is 0.419. The summed E-state index contributed by atoms with van der Waals surface area (Å²) >= 11 is 0. The van der Waals surface area contributed by atoms with Crippen LogP contribution in [0.5, 0.6) is 5.75 Å². The van der Waals surface area contributed by atoms with Crippen molar-refractivity contribution in [3.8, 4) is 5.75 Å². The molecule has 0 aliphatic heterocycles. The van der Waals surface area contributed by atoms with Gasteiger partial charge in [-0.1, -0.05) is 42.0 Å². The van der Waals surface area contributed by atoms with Gasteiger partial charge in [0.25, 0.3) is 5.56 Å². The molecule has 5 rings (SSSR count). The van der Waals surface area contributed by atoms with Crippen molar-refractivity contribution in [1.29, 1.82) is 0 Å². The number of ether oxygens (including phenoxy) is 1. The van der Waals surface area contributed by atoms with Crippen molar-refractivity contribution in [2.75, 3.05) is 7.11 Å². The lowest BCUT2D eigenvalue weighted by atomic mass is 10.1. The highest BCUT2D eigenvalue weighted by molar-refractivity contribution is 5.75. The third-order valence-electron chi connectivity index (χ3n) is 6.10. The average molecular weight is 444 g/mol. The topological polar surface area (TPSA) is 75.5 Å². The summed E-state index contributed by atoms with van der Waals surface area (Å²) in [6.07, 6.45) is 1.90. The number of imidazole rings is 2. The maximum absolute atomic E-state index is 13.5. The monoisotopic (exact) mass is 443 g/mol. The number of nitrogens with zero attached hydrogens (tertiary/aromatic N) is 5. The molecular formula is C25H25N5O3. The molecule has 0 saturated carbocycles. The molecule has 8 heteroatoms. The van der Waals surface area contributed by atoms with Crippen LogP contribution in [0.3, 0.4) is 0 Å². The first-order valence-electron chi connectivity index (χ1n) is 10.7. The maximum atomic E-state index is 13.5. The van der Waals surface area contributed by atoms with Gasteiger partial charge in [-0.05, 0) is 37.1 Å². The number of rotatable bonds is 5. The summed E-state index contributed by atoms with van der Waals surface area (Å²) in [4.78, 5) is 31.2. The van der Waals surface area contributed by atoms with Crippen molar-refractivity contribution >= 4 is 16.9 Å². The zero-order valence-electron chi connectivity index (χ0n) is 19.1. The minimum absolute atomic E-state index is 0.209. The third-order valence-corrected chi connectivity index (χ3v) is 6.10. The van der Waals surface area contributed by atoms with Crippen LogP contribution in [-0.4, -0.2) is 30.2 Å². The molecule has 0 aliphatic rings. The zero-order valence-corrected chi connectivity index (χ0v) is 19.1. The SMILES string of the molecule is COc1ccc(Cn2c(C)cn3c4c(=O)n(Cc5ccc(C)cc5)c(=O)n(C)c4nc23)cc1. The van der Waals surface area contributed by atoms with Crippen LogP contribution < -0.4 is 16.0 Å². The third kappa shape index (κ3) is 3.44. The Hall–Kier alpha value is -4.07. The summed E-state index contributed by atoms with van der Waals surface area (Å²) in [7, 11) is 3.30. The molecule has 3 aromatic heterocycles. The van der Waals surface area contributed by atoms with Gasteiger partial charge >= 0.3 is 5.69 Å².